The normalized spacial score (nSPS) is 26.6. The highest BCUT2D eigenvalue weighted by Crippen LogP contribution is 2.20. The third-order valence-electron chi connectivity index (χ3n) is 2.54. The molecule has 1 amide bonds. The summed E-state index contributed by atoms with van der Waals surface area (Å²) in [5, 5.41) is 5.95. The van der Waals surface area contributed by atoms with Gasteiger partial charge in [0.25, 0.3) is 0 Å². The molecular weight excluding hydrogens is 164 g/mol. The van der Waals surface area contributed by atoms with Gasteiger partial charge in [-0.05, 0) is 30.7 Å². The van der Waals surface area contributed by atoms with Gasteiger partial charge in [-0.3, -0.25) is 4.79 Å². The van der Waals surface area contributed by atoms with Crippen LogP contribution < -0.4 is 10.6 Å². The number of hydrogen-bond donors (Lipinski definition) is 2. The zero-order chi connectivity index (χ0) is 9.10. The fourth-order valence-corrected chi connectivity index (χ4v) is 1.77. The Morgan fingerprint density at radius 1 is 1.54 bits per heavy atom. The summed E-state index contributed by atoms with van der Waals surface area (Å²) >= 11 is 0. The van der Waals surface area contributed by atoms with E-state index in [-0.39, 0.29) is 11.8 Å². The summed E-state index contributed by atoms with van der Waals surface area (Å²) < 4.78 is 0. The average Bonchev–Trinajstić information content (AvgIpc) is 2.54. The number of carbonyl (C=O) groups excluding carboxylic acids is 1. The zero-order valence-electron chi connectivity index (χ0n) is 7.55. The van der Waals surface area contributed by atoms with Crippen molar-refractivity contribution in [1.82, 2.24) is 10.6 Å². The number of dihydropyridines is 1. The first-order valence-electron chi connectivity index (χ1n) is 4.73. The molecule has 1 fully saturated rings. The molecule has 1 atom stereocenters. The Morgan fingerprint density at radius 3 is 3.08 bits per heavy atom. The quantitative estimate of drug-likeness (QED) is 0.648. The molecule has 0 aromatic carbocycles. The summed E-state index contributed by atoms with van der Waals surface area (Å²) in [6, 6.07) is 0. The number of carbonyl (C=O) groups is 1. The van der Waals surface area contributed by atoms with Gasteiger partial charge in [-0.1, -0.05) is 6.08 Å². The smallest absolute Gasteiger partial charge is 0.223 e. The van der Waals surface area contributed by atoms with Gasteiger partial charge in [-0.25, -0.2) is 0 Å². The number of nitrogens with one attached hydrogen (secondary N) is 2. The maximum atomic E-state index is 11.3. The summed E-state index contributed by atoms with van der Waals surface area (Å²) in [4.78, 5) is 11.3. The van der Waals surface area contributed by atoms with Crippen molar-refractivity contribution in [3.8, 4) is 0 Å². The lowest BCUT2D eigenvalue weighted by Crippen LogP contribution is -2.19. The van der Waals surface area contributed by atoms with Crippen molar-refractivity contribution in [2.24, 2.45) is 5.92 Å². The Bertz CT molecular complexity index is 268. The minimum Gasteiger partial charge on any atom is -0.387 e. The van der Waals surface area contributed by atoms with E-state index >= 15 is 0 Å². The van der Waals surface area contributed by atoms with E-state index in [9.17, 15) is 4.79 Å². The Balaban J connectivity index is 1.93. The van der Waals surface area contributed by atoms with Crippen molar-refractivity contribution in [1.29, 1.82) is 0 Å². The van der Waals surface area contributed by atoms with Crippen LogP contribution in [0.2, 0.25) is 0 Å². The third kappa shape index (κ3) is 1.91. The highest BCUT2D eigenvalue weighted by Gasteiger charge is 2.24. The molecule has 2 rings (SSSR count). The van der Waals surface area contributed by atoms with E-state index in [1.165, 1.54) is 5.57 Å². The van der Waals surface area contributed by atoms with E-state index in [1.54, 1.807) is 0 Å². The average molecular weight is 178 g/mol. The van der Waals surface area contributed by atoms with E-state index in [1.807, 2.05) is 6.20 Å². The summed E-state index contributed by atoms with van der Waals surface area (Å²) in [6.07, 6.45) is 8.02. The van der Waals surface area contributed by atoms with Crippen molar-refractivity contribution in [2.75, 3.05) is 13.1 Å². The van der Waals surface area contributed by atoms with E-state index in [0.29, 0.717) is 0 Å². The van der Waals surface area contributed by atoms with Crippen LogP contribution in [-0.2, 0) is 4.79 Å². The monoisotopic (exact) mass is 178 g/mol. The van der Waals surface area contributed by atoms with E-state index in [4.69, 9.17) is 0 Å². The van der Waals surface area contributed by atoms with E-state index in [0.717, 1.165) is 25.9 Å². The van der Waals surface area contributed by atoms with E-state index in [2.05, 4.69) is 22.8 Å². The molecule has 0 spiro atoms. The Hall–Kier alpha value is -1.25. The van der Waals surface area contributed by atoms with Crippen LogP contribution in [0, 0.1) is 5.92 Å². The van der Waals surface area contributed by atoms with Crippen molar-refractivity contribution in [3.05, 3.63) is 23.9 Å². The Morgan fingerprint density at radius 2 is 2.46 bits per heavy atom. The van der Waals surface area contributed by atoms with E-state index < -0.39 is 0 Å². The molecule has 3 heteroatoms. The van der Waals surface area contributed by atoms with Crippen molar-refractivity contribution in [3.63, 3.8) is 0 Å². The second-order valence-corrected chi connectivity index (χ2v) is 3.50. The summed E-state index contributed by atoms with van der Waals surface area (Å²) in [7, 11) is 0. The molecule has 0 aromatic rings. The molecule has 0 aliphatic carbocycles. The molecule has 0 radical (unpaired) electrons. The molecule has 2 N–H and O–H groups in total. The topological polar surface area (TPSA) is 41.1 Å². The predicted octanol–water partition coefficient (Wildman–Crippen LogP) is 0.556. The molecule has 2 aliphatic rings. The third-order valence-corrected chi connectivity index (χ3v) is 2.54. The fraction of sp³-hybridized carbons (Fsp3) is 0.500. The van der Waals surface area contributed by atoms with Gasteiger partial charge in [0, 0.05) is 19.0 Å². The minimum atomic E-state index is 0.203. The molecule has 3 nitrogen and oxygen atoms in total. The highest BCUT2D eigenvalue weighted by atomic mass is 16.2. The molecule has 1 unspecified atom stereocenters. The minimum absolute atomic E-state index is 0.203. The first kappa shape index (κ1) is 8.35. The van der Waals surface area contributed by atoms with Crippen LogP contribution in [0.3, 0.4) is 0 Å². The second kappa shape index (κ2) is 3.64. The lowest BCUT2D eigenvalue weighted by Gasteiger charge is -2.11. The Kier molecular flexibility index (Phi) is 2.34. The largest absolute Gasteiger partial charge is 0.387 e. The van der Waals surface area contributed by atoms with Crippen LogP contribution in [0.5, 0.6) is 0 Å². The van der Waals surface area contributed by atoms with Crippen LogP contribution in [0.4, 0.5) is 0 Å². The predicted molar refractivity (Wildman–Crippen MR) is 51.0 cm³/mol. The van der Waals surface area contributed by atoms with Crippen molar-refractivity contribution >= 4 is 5.91 Å². The lowest BCUT2D eigenvalue weighted by molar-refractivity contribution is -0.122. The van der Waals surface area contributed by atoms with Gasteiger partial charge in [-0.2, -0.15) is 0 Å². The molecule has 2 heterocycles. The van der Waals surface area contributed by atoms with Crippen LogP contribution in [0.15, 0.2) is 23.9 Å². The molecule has 13 heavy (non-hydrogen) atoms. The molecule has 1 saturated heterocycles. The standard InChI is InChI=1S/C10H14N2O/c13-10-9(3-6-12-10)7-8-1-4-11-5-2-8/h1-2,4,9,11H,3,5-7H2,(H,12,13). The first-order chi connectivity index (χ1) is 6.36. The Labute approximate surface area is 77.9 Å². The van der Waals surface area contributed by atoms with Crippen LogP contribution in [0.25, 0.3) is 0 Å². The molecular formula is C10H14N2O. The maximum absolute atomic E-state index is 11.3. The number of allylic oxidation sites excluding steroid dienone is 2. The molecule has 70 valence electrons. The summed E-state index contributed by atoms with van der Waals surface area (Å²) in [6.45, 7) is 1.74. The van der Waals surface area contributed by atoms with Gasteiger partial charge < -0.3 is 10.6 Å². The van der Waals surface area contributed by atoms with Gasteiger partial charge in [-0.15, -0.1) is 0 Å². The summed E-state index contributed by atoms with van der Waals surface area (Å²) in [5.41, 5.74) is 1.28. The summed E-state index contributed by atoms with van der Waals surface area (Å²) in [5.74, 6) is 0.418. The number of hydrogen-bond acceptors (Lipinski definition) is 2. The highest BCUT2D eigenvalue weighted by molar-refractivity contribution is 5.80. The molecule has 0 aromatic heterocycles. The van der Waals surface area contributed by atoms with Gasteiger partial charge in [0.05, 0.1) is 0 Å². The van der Waals surface area contributed by atoms with Crippen molar-refractivity contribution < 1.29 is 4.79 Å². The molecule has 0 bridgehead atoms. The molecule has 0 saturated carbocycles. The van der Waals surface area contributed by atoms with Crippen LogP contribution in [0.1, 0.15) is 12.8 Å². The fourth-order valence-electron chi connectivity index (χ4n) is 1.77. The first-order valence-corrected chi connectivity index (χ1v) is 4.73. The van der Waals surface area contributed by atoms with Gasteiger partial charge in [0.15, 0.2) is 0 Å². The van der Waals surface area contributed by atoms with Gasteiger partial charge in [0.1, 0.15) is 0 Å². The van der Waals surface area contributed by atoms with Crippen LogP contribution in [-0.4, -0.2) is 19.0 Å². The van der Waals surface area contributed by atoms with Crippen molar-refractivity contribution in [2.45, 2.75) is 12.8 Å². The number of amides is 1. The maximum Gasteiger partial charge on any atom is 0.223 e. The number of rotatable bonds is 2. The lowest BCUT2D eigenvalue weighted by atomic mass is 9.97. The zero-order valence-corrected chi connectivity index (χ0v) is 7.55. The van der Waals surface area contributed by atoms with Crippen LogP contribution >= 0.6 is 0 Å². The van der Waals surface area contributed by atoms with Gasteiger partial charge in [0.2, 0.25) is 5.91 Å². The second-order valence-electron chi connectivity index (χ2n) is 3.50. The molecule has 2 aliphatic heterocycles. The SMILES string of the molecule is O=C1NCCC1CC1=CCNC=C1. The van der Waals surface area contributed by atoms with Gasteiger partial charge >= 0.3 is 0 Å².